The van der Waals surface area contributed by atoms with Crippen molar-refractivity contribution in [1.82, 2.24) is 9.80 Å². The van der Waals surface area contributed by atoms with E-state index in [9.17, 15) is 9.18 Å². The summed E-state index contributed by atoms with van der Waals surface area (Å²) in [6, 6.07) is 14.9. The molecule has 1 aliphatic heterocycles. The molecule has 2 amide bonds. The highest BCUT2D eigenvalue weighted by Gasteiger charge is 2.21. The maximum atomic E-state index is 13.7. The van der Waals surface area contributed by atoms with Crippen LogP contribution in [0.1, 0.15) is 19.4 Å². The van der Waals surface area contributed by atoms with Gasteiger partial charge in [0.25, 0.3) is 0 Å². The number of halogens is 1. The molecule has 0 aliphatic carbocycles. The van der Waals surface area contributed by atoms with E-state index in [0.29, 0.717) is 19.5 Å². The van der Waals surface area contributed by atoms with Gasteiger partial charge in [0.05, 0.1) is 0 Å². The second-order valence-corrected chi connectivity index (χ2v) is 7.32. The summed E-state index contributed by atoms with van der Waals surface area (Å²) in [5.74, 6) is -0.141. The second-order valence-electron chi connectivity index (χ2n) is 7.32. The molecular weight excluding hydrogens is 367 g/mol. The molecule has 2 aromatic carbocycles. The fourth-order valence-electron chi connectivity index (χ4n) is 3.70. The highest BCUT2D eigenvalue weighted by atomic mass is 19.1. The Morgan fingerprint density at radius 1 is 1.00 bits per heavy atom. The second kappa shape index (κ2) is 10.3. The lowest BCUT2D eigenvalue weighted by Gasteiger charge is -2.34. The first-order valence-corrected chi connectivity index (χ1v) is 10.5. The third-order valence-corrected chi connectivity index (χ3v) is 5.56. The van der Waals surface area contributed by atoms with Gasteiger partial charge in [-0.3, -0.25) is 4.90 Å². The van der Waals surface area contributed by atoms with Crippen molar-refractivity contribution in [3.05, 3.63) is 59.9 Å². The van der Waals surface area contributed by atoms with Gasteiger partial charge in [0.1, 0.15) is 5.82 Å². The molecule has 1 fully saturated rings. The normalized spacial score (nSPS) is 14.7. The Balaban J connectivity index is 1.44. The molecule has 2 aromatic rings. The van der Waals surface area contributed by atoms with Gasteiger partial charge in [-0.05, 0) is 56.2 Å². The zero-order valence-corrected chi connectivity index (χ0v) is 17.4. The molecule has 0 spiro atoms. The molecule has 0 radical (unpaired) electrons. The van der Waals surface area contributed by atoms with Crippen LogP contribution in [0.2, 0.25) is 0 Å². The smallest absolute Gasteiger partial charge is 0.321 e. The van der Waals surface area contributed by atoms with Gasteiger partial charge in [-0.25, -0.2) is 9.18 Å². The van der Waals surface area contributed by atoms with Gasteiger partial charge in [0.2, 0.25) is 0 Å². The minimum Gasteiger partial charge on any atom is -0.372 e. The molecule has 156 valence electrons. The average molecular weight is 399 g/mol. The number of benzene rings is 2. The van der Waals surface area contributed by atoms with E-state index in [4.69, 9.17) is 0 Å². The molecular formula is C23H31FN4O. The van der Waals surface area contributed by atoms with Crippen molar-refractivity contribution < 1.29 is 9.18 Å². The van der Waals surface area contributed by atoms with E-state index in [0.717, 1.165) is 49.7 Å². The zero-order chi connectivity index (χ0) is 20.6. The minimum absolute atomic E-state index is 0.0608. The number of hydrogen-bond donors (Lipinski definition) is 1. The molecule has 29 heavy (non-hydrogen) atoms. The van der Waals surface area contributed by atoms with E-state index < -0.39 is 0 Å². The number of carbonyl (C=O) groups is 1. The maximum Gasteiger partial charge on any atom is 0.321 e. The monoisotopic (exact) mass is 398 g/mol. The highest BCUT2D eigenvalue weighted by molar-refractivity contribution is 5.89. The van der Waals surface area contributed by atoms with Crippen LogP contribution in [-0.2, 0) is 6.42 Å². The lowest BCUT2D eigenvalue weighted by atomic mass is 10.1. The summed E-state index contributed by atoms with van der Waals surface area (Å²) in [4.78, 5) is 19.0. The van der Waals surface area contributed by atoms with Crippen molar-refractivity contribution in [2.24, 2.45) is 0 Å². The molecule has 1 saturated heterocycles. The fourth-order valence-corrected chi connectivity index (χ4v) is 3.70. The van der Waals surface area contributed by atoms with Crippen LogP contribution < -0.4 is 10.2 Å². The highest BCUT2D eigenvalue weighted by Crippen LogP contribution is 2.18. The van der Waals surface area contributed by atoms with Gasteiger partial charge in [-0.2, -0.15) is 0 Å². The van der Waals surface area contributed by atoms with Crippen LogP contribution >= 0.6 is 0 Å². The Labute approximate surface area is 173 Å². The topological polar surface area (TPSA) is 38.8 Å². The first-order chi connectivity index (χ1) is 14.1. The van der Waals surface area contributed by atoms with Crippen molar-refractivity contribution in [1.29, 1.82) is 0 Å². The van der Waals surface area contributed by atoms with Crippen LogP contribution in [0.4, 0.5) is 20.6 Å². The standard InChI is InChI=1S/C23H31FN4O/c1-3-27(4-2)21-11-9-20(10-12-21)25-23(29)28-17-15-26(16-18-28)14-13-19-7-5-6-8-22(19)24/h5-12H,3-4,13-18H2,1-2H3,(H,25,29). The molecule has 0 saturated carbocycles. The van der Waals surface area contributed by atoms with Gasteiger partial charge >= 0.3 is 6.03 Å². The number of amides is 2. The average Bonchev–Trinajstić information content (AvgIpc) is 2.75. The Hall–Kier alpha value is -2.60. The third kappa shape index (κ3) is 5.70. The van der Waals surface area contributed by atoms with Gasteiger partial charge in [-0.15, -0.1) is 0 Å². The first-order valence-electron chi connectivity index (χ1n) is 10.5. The largest absolute Gasteiger partial charge is 0.372 e. The summed E-state index contributed by atoms with van der Waals surface area (Å²) in [5, 5.41) is 2.99. The summed E-state index contributed by atoms with van der Waals surface area (Å²) in [6.07, 6.45) is 0.692. The van der Waals surface area contributed by atoms with E-state index in [1.54, 1.807) is 6.07 Å². The Bertz CT molecular complexity index is 784. The summed E-state index contributed by atoms with van der Waals surface area (Å²) in [7, 11) is 0. The van der Waals surface area contributed by atoms with Crippen molar-refractivity contribution in [2.45, 2.75) is 20.3 Å². The lowest BCUT2D eigenvalue weighted by Crippen LogP contribution is -2.50. The zero-order valence-electron chi connectivity index (χ0n) is 17.4. The number of urea groups is 1. The summed E-state index contributed by atoms with van der Waals surface area (Å²) < 4.78 is 13.7. The Kier molecular flexibility index (Phi) is 7.47. The van der Waals surface area contributed by atoms with Gasteiger partial charge < -0.3 is 15.1 Å². The predicted molar refractivity (Wildman–Crippen MR) is 117 cm³/mol. The summed E-state index contributed by atoms with van der Waals surface area (Å²) in [6.45, 7) is 9.98. The fraction of sp³-hybridized carbons (Fsp3) is 0.435. The molecule has 0 atom stereocenters. The lowest BCUT2D eigenvalue weighted by molar-refractivity contribution is 0.148. The number of piperazine rings is 1. The number of carbonyl (C=O) groups excluding carboxylic acids is 1. The van der Waals surface area contributed by atoms with Crippen molar-refractivity contribution >= 4 is 17.4 Å². The van der Waals surface area contributed by atoms with Crippen LogP contribution in [0, 0.1) is 5.82 Å². The van der Waals surface area contributed by atoms with Gasteiger partial charge in [0.15, 0.2) is 0 Å². The number of rotatable bonds is 7. The SMILES string of the molecule is CCN(CC)c1ccc(NC(=O)N2CCN(CCc3ccccc3F)CC2)cc1. The molecule has 6 heteroatoms. The molecule has 0 bridgehead atoms. The van der Waals surface area contributed by atoms with Crippen molar-refractivity contribution in [3.63, 3.8) is 0 Å². The van der Waals surface area contributed by atoms with Crippen molar-refractivity contribution in [2.75, 3.05) is 56.0 Å². The number of anilines is 2. The van der Waals surface area contributed by atoms with Crippen LogP contribution in [0.5, 0.6) is 0 Å². The summed E-state index contributed by atoms with van der Waals surface area (Å²) in [5.41, 5.74) is 2.73. The Morgan fingerprint density at radius 2 is 1.66 bits per heavy atom. The van der Waals surface area contributed by atoms with E-state index in [-0.39, 0.29) is 11.8 Å². The predicted octanol–water partition coefficient (Wildman–Crippen LogP) is 4.06. The molecule has 3 rings (SSSR count). The quantitative estimate of drug-likeness (QED) is 0.764. The Morgan fingerprint density at radius 3 is 2.28 bits per heavy atom. The maximum absolute atomic E-state index is 13.7. The molecule has 5 nitrogen and oxygen atoms in total. The number of nitrogens with one attached hydrogen (secondary N) is 1. The minimum atomic E-state index is -0.141. The van der Waals surface area contributed by atoms with E-state index >= 15 is 0 Å². The van der Waals surface area contributed by atoms with Crippen LogP contribution in [0.15, 0.2) is 48.5 Å². The van der Waals surface area contributed by atoms with Crippen LogP contribution in [0.25, 0.3) is 0 Å². The molecule has 0 unspecified atom stereocenters. The number of hydrogen-bond acceptors (Lipinski definition) is 3. The molecule has 1 heterocycles. The first kappa shape index (κ1) is 21.1. The van der Waals surface area contributed by atoms with Crippen LogP contribution in [0.3, 0.4) is 0 Å². The number of nitrogens with zero attached hydrogens (tertiary/aromatic N) is 3. The van der Waals surface area contributed by atoms with Gasteiger partial charge in [0, 0.05) is 57.2 Å². The van der Waals surface area contributed by atoms with E-state index in [1.807, 2.05) is 41.3 Å². The summed E-state index contributed by atoms with van der Waals surface area (Å²) >= 11 is 0. The van der Waals surface area contributed by atoms with Gasteiger partial charge in [-0.1, -0.05) is 18.2 Å². The third-order valence-electron chi connectivity index (χ3n) is 5.56. The van der Waals surface area contributed by atoms with Crippen LogP contribution in [-0.4, -0.2) is 61.6 Å². The molecule has 1 N–H and O–H groups in total. The molecule has 1 aliphatic rings. The van der Waals surface area contributed by atoms with Crippen molar-refractivity contribution in [3.8, 4) is 0 Å². The van der Waals surface area contributed by atoms with E-state index in [2.05, 4.69) is 29.0 Å². The van der Waals surface area contributed by atoms with E-state index in [1.165, 1.54) is 6.07 Å². The molecule has 0 aromatic heterocycles.